The molecule has 1 unspecified atom stereocenters. The third kappa shape index (κ3) is 2.17. The van der Waals surface area contributed by atoms with Crippen LogP contribution in [0.4, 0.5) is 4.79 Å². The van der Waals surface area contributed by atoms with Crippen LogP contribution in [0.2, 0.25) is 0 Å². The highest BCUT2D eigenvalue weighted by atomic mass is 16.2. The van der Waals surface area contributed by atoms with E-state index >= 15 is 0 Å². The first-order valence-corrected chi connectivity index (χ1v) is 6.61. The molecule has 0 bridgehead atoms. The molecule has 5 nitrogen and oxygen atoms in total. The lowest BCUT2D eigenvalue weighted by Crippen LogP contribution is -2.30. The molecular formula is C14H18N4O. The molecule has 100 valence electrons. The quantitative estimate of drug-likeness (QED) is 0.779. The second-order valence-electron chi connectivity index (χ2n) is 4.88. The Morgan fingerprint density at radius 1 is 1.37 bits per heavy atom. The zero-order chi connectivity index (χ0) is 13.2. The van der Waals surface area contributed by atoms with Gasteiger partial charge in [0.25, 0.3) is 0 Å². The Balaban J connectivity index is 1.82. The van der Waals surface area contributed by atoms with Crippen LogP contribution in [-0.4, -0.2) is 35.5 Å². The third-order valence-electron chi connectivity index (χ3n) is 3.62. The Labute approximate surface area is 111 Å². The van der Waals surface area contributed by atoms with Gasteiger partial charge in [-0.2, -0.15) is 0 Å². The van der Waals surface area contributed by atoms with E-state index in [1.54, 1.807) is 0 Å². The lowest BCUT2D eigenvalue weighted by atomic mass is 10.1. The summed E-state index contributed by atoms with van der Waals surface area (Å²) in [6.07, 6.45) is 2.83. The number of aromatic nitrogens is 1. The summed E-state index contributed by atoms with van der Waals surface area (Å²) in [5.41, 5.74) is 7.75. The molecular weight excluding hydrogens is 240 g/mol. The van der Waals surface area contributed by atoms with Gasteiger partial charge in [0.05, 0.1) is 6.04 Å². The van der Waals surface area contributed by atoms with Crippen LogP contribution in [0, 0.1) is 0 Å². The fraction of sp³-hybridized carbons (Fsp3) is 0.357. The molecule has 1 aromatic carbocycles. The Bertz CT molecular complexity index is 592. The number of nitrogens with zero attached hydrogens (tertiary/aromatic N) is 1. The minimum Gasteiger partial charge on any atom is -0.361 e. The van der Waals surface area contributed by atoms with Crippen LogP contribution in [0.25, 0.3) is 10.9 Å². The van der Waals surface area contributed by atoms with Crippen molar-refractivity contribution in [3.05, 3.63) is 36.0 Å². The predicted octanol–water partition coefficient (Wildman–Crippen LogP) is 1.58. The smallest absolute Gasteiger partial charge is 0.318 e. The molecule has 2 aromatic rings. The van der Waals surface area contributed by atoms with E-state index in [2.05, 4.69) is 16.4 Å². The summed E-state index contributed by atoms with van der Waals surface area (Å²) in [4.78, 5) is 17.0. The summed E-state index contributed by atoms with van der Waals surface area (Å²) < 4.78 is 0. The minimum absolute atomic E-state index is 0.00345. The fourth-order valence-electron chi connectivity index (χ4n) is 2.62. The van der Waals surface area contributed by atoms with Crippen molar-refractivity contribution in [2.75, 3.05) is 19.6 Å². The molecule has 1 saturated heterocycles. The first-order valence-electron chi connectivity index (χ1n) is 6.61. The Morgan fingerprint density at radius 3 is 3.05 bits per heavy atom. The number of hydrogen-bond acceptors (Lipinski definition) is 2. The topological polar surface area (TPSA) is 74.2 Å². The monoisotopic (exact) mass is 258 g/mol. The lowest BCUT2D eigenvalue weighted by molar-refractivity contribution is 0.217. The van der Waals surface area contributed by atoms with Crippen LogP contribution in [-0.2, 0) is 0 Å². The second-order valence-corrected chi connectivity index (χ2v) is 4.88. The molecule has 19 heavy (non-hydrogen) atoms. The van der Waals surface area contributed by atoms with E-state index in [4.69, 9.17) is 5.73 Å². The summed E-state index contributed by atoms with van der Waals surface area (Å²) in [7, 11) is 0. The van der Waals surface area contributed by atoms with E-state index in [1.165, 1.54) is 5.39 Å². The molecule has 1 aromatic heterocycles. The van der Waals surface area contributed by atoms with Crippen molar-refractivity contribution in [1.29, 1.82) is 0 Å². The number of fused-ring (bicyclic) bond motifs is 1. The summed E-state index contributed by atoms with van der Waals surface area (Å²) in [5.74, 6) is 0. The molecule has 0 radical (unpaired) electrons. The van der Waals surface area contributed by atoms with Gasteiger partial charge in [-0.15, -0.1) is 0 Å². The van der Waals surface area contributed by atoms with E-state index in [0.29, 0.717) is 13.1 Å². The average molecular weight is 258 g/mol. The molecule has 0 aliphatic carbocycles. The van der Waals surface area contributed by atoms with Crippen molar-refractivity contribution in [3.63, 3.8) is 0 Å². The molecule has 2 amide bonds. The number of benzene rings is 1. The largest absolute Gasteiger partial charge is 0.361 e. The van der Waals surface area contributed by atoms with Gasteiger partial charge >= 0.3 is 6.03 Å². The fourth-order valence-corrected chi connectivity index (χ4v) is 2.62. The zero-order valence-electron chi connectivity index (χ0n) is 10.7. The van der Waals surface area contributed by atoms with E-state index in [0.717, 1.165) is 24.0 Å². The summed E-state index contributed by atoms with van der Waals surface area (Å²) in [6.45, 7) is 2.05. The number of H-pyrrole nitrogens is 1. The Kier molecular flexibility index (Phi) is 3.13. The van der Waals surface area contributed by atoms with Crippen molar-refractivity contribution in [3.8, 4) is 0 Å². The lowest BCUT2D eigenvalue weighted by Gasteiger charge is -2.13. The van der Waals surface area contributed by atoms with E-state index < -0.39 is 0 Å². The second kappa shape index (κ2) is 4.93. The number of amides is 2. The van der Waals surface area contributed by atoms with E-state index in [1.807, 2.05) is 29.3 Å². The van der Waals surface area contributed by atoms with Gasteiger partial charge in [0, 0.05) is 35.8 Å². The molecule has 5 heteroatoms. The van der Waals surface area contributed by atoms with Crippen molar-refractivity contribution in [2.24, 2.45) is 5.73 Å². The van der Waals surface area contributed by atoms with Crippen LogP contribution in [0.5, 0.6) is 0 Å². The number of urea groups is 1. The Morgan fingerprint density at radius 2 is 2.21 bits per heavy atom. The van der Waals surface area contributed by atoms with Gasteiger partial charge in [-0.3, -0.25) is 0 Å². The van der Waals surface area contributed by atoms with E-state index in [-0.39, 0.29) is 12.1 Å². The standard InChI is InChI=1S/C14H18N4O/c15-6-3-7-18-9-13(17-14(18)19)11-8-16-12-5-2-1-4-10(11)12/h1-2,4-5,8,13,16H,3,6-7,9,15H2,(H,17,19). The zero-order valence-corrected chi connectivity index (χ0v) is 10.7. The highest BCUT2D eigenvalue weighted by Gasteiger charge is 2.30. The molecule has 1 aliphatic heterocycles. The van der Waals surface area contributed by atoms with Gasteiger partial charge in [-0.05, 0) is 19.0 Å². The van der Waals surface area contributed by atoms with Crippen molar-refractivity contribution < 1.29 is 4.79 Å². The van der Waals surface area contributed by atoms with Gasteiger partial charge in [-0.1, -0.05) is 18.2 Å². The molecule has 2 heterocycles. The predicted molar refractivity (Wildman–Crippen MR) is 74.8 cm³/mol. The molecule has 3 rings (SSSR count). The molecule has 1 fully saturated rings. The molecule has 4 N–H and O–H groups in total. The van der Waals surface area contributed by atoms with Crippen molar-refractivity contribution >= 4 is 16.9 Å². The number of hydrogen-bond donors (Lipinski definition) is 3. The number of carbonyl (C=O) groups is 1. The summed E-state index contributed by atoms with van der Waals surface area (Å²) in [5, 5.41) is 4.21. The van der Waals surface area contributed by atoms with Gasteiger partial charge < -0.3 is 20.9 Å². The maximum absolute atomic E-state index is 11.9. The maximum atomic E-state index is 11.9. The molecule has 0 spiro atoms. The number of para-hydroxylation sites is 1. The minimum atomic E-state index is 0.00345. The van der Waals surface area contributed by atoms with Crippen molar-refractivity contribution in [2.45, 2.75) is 12.5 Å². The van der Waals surface area contributed by atoms with Gasteiger partial charge in [0.2, 0.25) is 0 Å². The summed E-state index contributed by atoms with van der Waals surface area (Å²) in [6, 6.07) is 8.20. The highest BCUT2D eigenvalue weighted by Crippen LogP contribution is 2.27. The van der Waals surface area contributed by atoms with Gasteiger partial charge in [0.15, 0.2) is 0 Å². The van der Waals surface area contributed by atoms with Crippen LogP contribution < -0.4 is 11.1 Å². The highest BCUT2D eigenvalue weighted by molar-refractivity contribution is 5.85. The number of carbonyl (C=O) groups excluding carboxylic acids is 1. The van der Waals surface area contributed by atoms with Gasteiger partial charge in [-0.25, -0.2) is 4.79 Å². The molecule has 0 saturated carbocycles. The number of nitrogens with two attached hydrogens (primary N) is 1. The van der Waals surface area contributed by atoms with E-state index in [9.17, 15) is 4.79 Å². The van der Waals surface area contributed by atoms with Crippen molar-refractivity contribution in [1.82, 2.24) is 15.2 Å². The number of nitrogens with one attached hydrogen (secondary N) is 2. The number of rotatable bonds is 4. The molecule has 1 atom stereocenters. The summed E-state index contributed by atoms with van der Waals surface area (Å²) >= 11 is 0. The first kappa shape index (κ1) is 12.0. The third-order valence-corrected chi connectivity index (χ3v) is 3.62. The average Bonchev–Trinajstić information content (AvgIpc) is 3.00. The normalized spacial score (nSPS) is 19.1. The maximum Gasteiger partial charge on any atom is 0.318 e. The Hall–Kier alpha value is -2.01. The first-order chi connectivity index (χ1) is 9.29. The molecule has 1 aliphatic rings. The van der Waals surface area contributed by atoms with Gasteiger partial charge in [0.1, 0.15) is 0 Å². The SMILES string of the molecule is NCCCN1CC(c2c[nH]c3ccccc23)NC1=O. The van der Waals surface area contributed by atoms with Crippen LogP contribution in [0.1, 0.15) is 18.0 Å². The van der Waals surface area contributed by atoms with Crippen LogP contribution >= 0.6 is 0 Å². The van der Waals surface area contributed by atoms with Crippen LogP contribution in [0.3, 0.4) is 0 Å². The van der Waals surface area contributed by atoms with Crippen LogP contribution in [0.15, 0.2) is 30.5 Å². The number of aromatic amines is 1.